The molecule has 0 aromatic heterocycles. The van der Waals surface area contributed by atoms with Gasteiger partial charge in [-0.2, -0.15) is 0 Å². The fourth-order valence-corrected chi connectivity index (χ4v) is 1.17. The summed E-state index contributed by atoms with van der Waals surface area (Å²) in [5, 5.41) is 17.3. The average molecular weight is 210 g/mol. The zero-order chi connectivity index (χ0) is 11.1. The molecule has 0 saturated heterocycles. The van der Waals surface area contributed by atoms with Crippen molar-refractivity contribution in [3.63, 3.8) is 0 Å². The number of ether oxygens (including phenoxy) is 1. The highest BCUT2D eigenvalue weighted by atomic mass is 16.5. The van der Waals surface area contributed by atoms with Crippen molar-refractivity contribution in [2.24, 2.45) is 0 Å². The molecule has 1 aromatic rings. The molecule has 0 aliphatic heterocycles. The molecule has 0 fully saturated rings. The van der Waals surface area contributed by atoms with Crippen LogP contribution in [0.2, 0.25) is 0 Å². The van der Waals surface area contributed by atoms with E-state index in [9.17, 15) is 4.79 Å². The van der Waals surface area contributed by atoms with Gasteiger partial charge in [0.15, 0.2) is 0 Å². The summed E-state index contributed by atoms with van der Waals surface area (Å²) in [6.45, 7) is 0.586. The van der Waals surface area contributed by atoms with E-state index in [1.165, 1.54) is 0 Å². The maximum Gasteiger partial charge on any atom is 0.305 e. The highest BCUT2D eigenvalue weighted by Gasteiger charge is 1.98. The second-order valence-electron chi connectivity index (χ2n) is 3.17. The molecule has 0 unspecified atom stereocenters. The Morgan fingerprint density at radius 3 is 2.73 bits per heavy atom. The molecular weight excluding hydrogens is 196 g/mol. The molecule has 1 rings (SSSR count). The number of carboxylic acid groups (broad SMARTS) is 1. The van der Waals surface area contributed by atoms with Crippen LogP contribution in [0, 0.1) is 0 Å². The van der Waals surface area contributed by atoms with Crippen molar-refractivity contribution in [2.45, 2.75) is 19.6 Å². The van der Waals surface area contributed by atoms with E-state index in [0.717, 1.165) is 11.1 Å². The highest BCUT2D eigenvalue weighted by Crippen LogP contribution is 2.06. The minimum absolute atomic E-state index is 0.00294. The van der Waals surface area contributed by atoms with Gasteiger partial charge in [-0.15, -0.1) is 0 Å². The fraction of sp³-hybridized carbons (Fsp3) is 0.364. The first-order valence-electron chi connectivity index (χ1n) is 4.70. The smallest absolute Gasteiger partial charge is 0.305 e. The van der Waals surface area contributed by atoms with Gasteiger partial charge in [0, 0.05) is 0 Å². The third kappa shape index (κ3) is 4.58. The predicted molar refractivity (Wildman–Crippen MR) is 54.3 cm³/mol. The number of carbonyl (C=O) groups is 1. The molecule has 2 N–H and O–H groups in total. The van der Waals surface area contributed by atoms with Crippen molar-refractivity contribution in [1.29, 1.82) is 0 Å². The summed E-state index contributed by atoms with van der Waals surface area (Å²) < 4.78 is 5.17. The van der Waals surface area contributed by atoms with Gasteiger partial charge in [-0.1, -0.05) is 24.3 Å². The van der Waals surface area contributed by atoms with E-state index in [1.807, 2.05) is 24.3 Å². The largest absolute Gasteiger partial charge is 0.481 e. The lowest BCUT2D eigenvalue weighted by Gasteiger charge is -2.04. The molecule has 0 atom stereocenters. The van der Waals surface area contributed by atoms with E-state index in [2.05, 4.69) is 0 Å². The Kier molecular flexibility index (Phi) is 4.80. The van der Waals surface area contributed by atoms with Gasteiger partial charge in [0.25, 0.3) is 0 Å². The third-order valence-corrected chi connectivity index (χ3v) is 1.90. The van der Waals surface area contributed by atoms with Crippen molar-refractivity contribution in [1.82, 2.24) is 0 Å². The molecule has 0 radical (unpaired) electrons. The molecule has 0 bridgehead atoms. The second-order valence-corrected chi connectivity index (χ2v) is 3.17. The Labute approximate surface area is 88.1 Å². The molecule has 0 aliphatic rings. The minimum atomic E-state index is -0.862. The monoisotopic (exact) mass is 210 g/mol. The number of benzene rings is 1. The molecule has 1 aromatic carbocycles. The predicted octanol–water partition coefficient (Wildman–Crippen LogP) is 1.17. The molecule has 4 nitrogen and oxygen atoms in total. The fourth-order valence-electron chi connectivity index (χ4n) is 1.17. The molecule has 0 saturated carbocycles. The van der Waals surface area contributed by atoms with Gasteiger partial charge in [0.05, 0.1) is 26.2 Å². The van der Waals surface area contributed by atoms with Crippen LogP contribution in [0.5, 0.6) is 0 Å². The topological polar surface area (TPSA) is 66.8 Å². The lowest BCUT2D eigenvalue weighted by atomic mass is 10.1. The molecule has 0 heterocycles. The summed E-state index contributed by atoms with van der Waals surface area (Å²) in [7, 11) is 0. The van der Waals surface area contributed by atoms with Crippen molar-refractivity contribution in [3.8, 4) is 0 Å². The Morgan fingerprint density at radius 1 is 1.33 bits per heavy atom. The average Bonchev–Trinajstić information content (AvgIpc) is 2.24. The van der Waals surface area contributed by atoms with E-state index in [4.69, 9.17) is 14.9 Å². The summed E-state index contributed by atoms with van der Waals surface area (Å²) in [6, 6.07) is 7.36. The maximum atomic E-state index is 10.2. The molecule has 0 aliphatic carbocycles. The normalized spacial score (nSPS) is 10.2. The number of aliphatic carboxylic acids is 1. The van der Waals surface area contributed by atoms with Gasteiger partial charge < -0.3 is 14.9 Å². The third-order valence-electron chi connectivity index (χ3n) is 1.90. The van der Waals surface area contributed by atoms with Gasteiger partial charge in [-0.05, 0) is 11.1 Å². The van der Waals surface area contributed by atoms with Crippen LogP contribution in [0.3, 0.4) is 0 Å². The second kappa shape index (κ2) is 6.16. The highest BCUT2D eigenvalue weighted by molar-refractivity contribution is 5.66. The molecule has 15 heavy (non-hydrogen) atoms. The van der Waals surface area contributed by atoms with E-state index >= 15 is 0 Å². The van der Waals surface area contributed by atoms with Gasteiger partial charge >= 0.3 is 5.97 Å². The van der Waals surface area contributed by atoms with Crippen molar-refractivity contribution >= 4 is 5.97 Å². The van der Waals surface area contributed by atoms with E-state index in [-0.39, 0.29) is 19.6 Å². The Hall–Kier alpha value is -1.39. The van der Waals surface area contributed by atoms with Crippen molar-refractivity contribution in [2.75, 3.05) is 6.61 Å². The standard InChI is InChI=1S/C11H14O4/c12-7-9-2-1-3-10(6-9)8-15-5-4-11(13)14/h1-3,6,12H,4-5,7-8H2,(H,13,14). The molecule has 4 heteroatoms. The van der Waals surface area contributed by atoms with Gasteiger partial charge in [0.1, 0.15) is 0 Å². The van der Waals surface area contributed by atoms with Crippen LogP contribution in [0.15, 0.2) is 24.3 Å². The Morgan fingerprint density at radius 2 is 2.07 bits per heavy atom. The van der Waals surface area contributed by atoms with Crippen LogP contribution >= 0.6 is 0 Å². The number of aliphatic hydroxyl groups is 1. The summed E-state index contributed by atoms with van der Waals surface area (Å²) in [6.07, 6.45) is 0.0136. The van der Waals surface area contributed by atoms with Crippen LogP contribution in [0.25, 0.3) is 0 Å². The van der Waals surface area contributed by atoms with Crippen molar-refractivity contribution < 1.29 is 19.7 Å². The van der Waals surface area contributed by atoms with E-state index in [0.29, 0.717) is 6.61 Å². The van der Waals surface area contributed by atoms with Gasteiger partial charge in [0.2, 0.25) is 0 Å². The number of hydrogen-bond acceptors (Lipinski definition) is 3. The number of hydrogen-bond donors (Lipinski definition) is 2. The maximum absolute atomic E-state index is 10.2. The zero-order valence-electron chi connectivity index (χ0n) is 8.35. The minimum Gasteiger partial charge on any atom is -0.481 e. The summed E-state index contributed by atoms with van der Waals surface area (Å²) in [4.78, 5) is 10.2. The van der Waals surface area contributed by atoms with Crippen LogP contribution in [0.1, 0.15) is 17.5 Å². The quantitative estimate of drug-likeness (QED) is 0.692. The lowest BCUT2D eigenvalue weighted by Crippen LogP contribution is -2.02. The molecule has 82 valence electrons. The first-order chi connectivity index (χ1) is 7.22. The summed E-state index contributed by atoms with van der Waals surface area (Å²) in [5.74, 6) is -0.862. The first-order valence-corrected chi connectivity index (χ1v) is 4.70. The van der Waals surface area contributed by atoms with Gasteiger partial charge in [-0.3, -0.25) is 4.79 Å². The number of carboxylic acids is 1. The summed E-state index contributed by atoms with van der Waals surface area (Å²) in [5.41, 5.74) is 1.77. The van der Waals surface area contributed by atoms with E-state index < -0.39 is 5.97 Å². The van der Waals surface area contributed by atoms with E-state index in [1.54, 1.807) is 0 Å². The molecule has 0 amide bonds. The van der Waals surface area contributed by atoms with Gasteiger partial charge in [-0.25, -0.2) is 0 Å². The first kappa shape index (κ1) is 11.7. The molecular formula is C11H14O4. The zero-order valence-corrected chi connectivity index (χ0v) is 8.35. The van der Waals surface area contributed by atoms with Crippen molar-refractivity contribution in [3.05, 3.63) is 35.4 Å². The number of aliphatic hydroxyl groups excluding tert-OH is 1. The summed E-state index contributed by atoms with van der Waals surface area (Å²) >= 11 is 0. The molecule has 0 spiro atoms. The van der Waals surface area contributed by atoms with Crippen LogP contribution in [-0.4, -0.2) is 22.8 Å². The number of rotatable bonds is 6. The van der Waals surface area contributed by atoms with Crippen LogP contribution in [-0.2, 0) is 22.7 Å². The van der Waals surface area contributed by atoms with Crippen LogP contribution < -0.4 is 0 Å². The van der Waals surface area contributed by atoms with Crippen LogP contribution in [0.4, 0.5) is 0 Å². The Bertz CT molecular complexity index is 322. The SMILES string of the molecule is O=C(O)CCOCc1cccc(CO)c1. The Balaban J connectivity index is 2.33. The lowest BCUT2D eigenvalue weighted by molar-refractivity contribution is -0.138.